The van der Waals surface area contributed by atoms with E-state index < -0.39 is 0 Å². The highest BCUT2D eigenvalue weighted by atomic mass is 35.5. The standard InChI is InChI=1S/C12H15Cl2NO/c1-10(16)11-3-2-4-12(9-11)15(7-5-13)8-6-14/h2-4,9H,5-8H2,1H3. The first-order chi connectivity index (χ1) is 7.69. The first kappa shape index (κ1) is 13.3. The molecule has 0 saturated heterocycles. The normalized spacial score (nSPS) is 10.2. The predicted molar refractivity (Wildman–Crippen MR) is 70.1 cm³/mol. The number of rotatable bonds is 6. The molecule has 0 spiro atoms. The van der Waals surface area contributed by atoms with Crippen LogP contribution in [-0.4, -0.2) is 30.6 Å². The molecule has 16 heavy (non-hydrogen) atoms. The minimum Gasteiger partial charge on any atom is -0.369 e. The van der Waals surface area contributed by atoms with Crippen molar-refractivity contribution in [3.05, 3.63) is 29.8 Å². The van der Waals surface area contributed by atoms with Crippen molar-refractivity contribution in [2.24, 2.45) is 0 Å². The molecular weight excluding hydrogens is 245 g/mol. The van der Waals surface area contributed by atoms with Gasteiger partial charge in [0.2, 0.25) is 0 Å². The quantitative estimate of drug-likeness (QED) is 0.578. The molecule has 0 aliphatic heterocycles. The molecule has 1 aromatic rings. The second-order valence-corrected chi connectivity index (χ2v) is 4.23. The predicted octanol–water partition coefficient (Wildman–Crippen LogP) is 3.17. The minimum absolute atomic E-state index is 0.0681. The van der Waals surface area contributed by atoms with Gasteiger partial charge in [0.05, 0.1) is 0 Å². The summed E-state index contributed by atoms with van der Waals surface area (Å²) in [6.45, 7) is 3.03. The Morgan fingerprint density at radius 3 is 2.38 bits per heavy atom. The fraction of sp³-hybridized carbons (Fsp3) is 0.417. The van der Waals surface area contributed by atoms with Gasteiger partial charge in [0.1, 0.15) is 0 Å². The average Bonchev–Trinajstić information content (AvgIpc) is 2.29. The van der Waals surface area contributed by atoms with Crippen molar-refractivity contribution in [1.29, 1.82) is 0 Å². The van der Waals surface area contributed by atoms with Crippen molar-refractivity contribution in [3.8, 4) is 0 Å². The van der Waals surface area contributed by atoms with Crippen LogP contribution in [0.5, 0.6) is 0 Å². The van der Waals surface area contributed by atoms with E-state index in [0.29, 0.717) is 17.3 Å². The molecule has 1 aromatic carbocycles. The van der Waals surface area contributed by atoms with Gasteiger partial charge in [-0.15, -0.1) is 23.2 Å². The molecule has 0 heterocycles. The summed E-state index contributed by atoms with van der Waals surface area (Å²) in [5, 5.41) is 0. The minimum atomic E-state index is 0.0681. The summed E-state index contributed by atoms with van der Waals surface area (Å²) in [6, 6.07) is 7.53. The van der Waals surface area contributed by atoms with Gasteiger partial charge in [-0.05, 0) is 19.1 Å². The number of carbonyl (C=O) groups excluding carboxylic acids is 1. The molecule has 0 unspecified atom stereocenters. The van der Waals surface area contributed by atoms with Crippen molar-refractivity contribution >= 4 is 34.7 Å². The number of nitrogens with zero attached hydrogens (tertiary/aromatic N) is 1. The molecule has 0 bridgehead atoms. The number of anilines is 1. The summed E-state index contributed by atoms with van der Waals surface area (Å²) in [6.07, 6.45) is 0. The summed E-state index contributed by atoms with van der Waals surface area (Å²) in [4.78, 5) is 13.3. The Bertz CT molecular complexity index is 349. The van der Waals surface area contributed by atoms with Crippen LogP contribution in [0.3, 0.4) is 0 Å². The highest BCUT2D eigenvalue weighted by Crippen LogP contribution is 2.16. The monoisotopic (exact) mass is 259 g/mol. The zero-order valence-electron chi connectivity index (χ0n) is 9.25. The van der Waals surface area contributed by atoms with E-state index in [-0.39, 0.29) is 5.78 Å². The summed E-state index contributed by atoms with van der Waals surface area (Å²) >= 11 is 11.5. The lowest BCUT2D eigenvalue weighted by atomic mass is 10.1. The van der Waals surface area contributed by atoms with Crippen molar-refractivity contribution in [1.82, 2.24) is 0 Å². The van der Waals surface area contributed by atoms with Crippen LogP contribution < -0.4 is 4.90 Å². The Morgan fingerprint density at radius 1 is 1.25 bits per heavy atom. The van der Waals surface area contributed by atoms with Gasteiger partial charge in [0.15, 0.2) is 5.78 Å². The number of ketones is 1. The molecular formula is C12H15Cl2NO. The molecule has 0 aliphatic rings. The van der Waals surface area contributed by atoms with E-state index in [1.54, 1.807) is 6.92 Å². The van der Waals surface area contributed by atoms with Crippen molar-refractivity contribution in [2.45, 2.75) is 6.92 Å². The van der Waals surface area contributed by atoms with Crippen LogP contribution in [-0.2, 0) is 0 Å². The number of Topliss-reactive ketones (excluding diaryl/α,β-unsaturated/α-hetero) is 1. The van der Waals surface area contributed by atoms with Crippen molar-refractivity contribution in [3.63, 3.8) is 0 Å². The van der Waals surface area contributed by atoms with Crippen LogP contribution in [0, 0.1) is 0 Å². The molecule has 4 heteroatoms. The molecule has 88 valence electrons. The summed E-state index contributed by atoms with van der Waals surface area (Å²) in [5.41, 5.74) is 1.71. The smallest absolute Gasteiger partial charge is 0.159 e. The van der Waals surface area contributed by atoms with E-state index in [1.807, 2.05) is 24.3 Å². The van der Waals surface area contributed by atoms with Gasteiger partial charge in [0.25, 0.3) is 0 Å². The van der Waals surface area contributed by atoms with E-state index in [2.05, 4.69) is 4.90 Å². The molecule has 0 radical (unpaired) electrons. The SMILES string of the molecule is CC(=O)c1cccc(N(CCCl)CCCl)c1. The molecule has 0 atom stereocenters. The van der Waals surface area contributed by atoms with E-state index in [4.69, 9.17) is 23.2 Å². The van der Waals surface area contributed by atoms with Crippen LogP contribution in [0.25, 0.3) is 0 Å². The molecule has 0 amide bonds. The summed E-state index contributed by atoms with van der Waals surface area (Å²) < 4.78 is 0. The van der Waals surface area contributed by atoms with Gasteiger partial charge in [-0.25, -0.2) is 0 Å². The van der Waals surface area contributed by atoms with Crippen molar-refractivity contribution in [2.75, 3.05) is 29.7 Å². The highest BCUT2D eigenvalue weighted by molar-refractivity contribution is 6.18. The van der Waals surface area contributed by atoms with Crippen molar-refractivity contribution < 1.29 is 4.79 Å². The van der Waals surface area contributed by atoms with Crippen LogP contribution in [0.4, 0.5) is 5.69 Å². The van der Waals surface area contributed by atoms with Gasteiger partial charge in [-0.1, -0.05) is 12.1 Å². The zero-order valence-corrected chi connectivity index (χ0v) is 10.8. The zero-order chi connectivity index (χ0) is 12.0. The Hall–Kier alpha value is -0.730. The lowest BCUT2D eigenvalue weighted by Crippen LogP contribution is -2.27. The largest absolute Gasteiger partial charge is 0.369 e. The van der Waals surface area contributed by atoms with Gasteiger partial charge >= 0.3 is 0 Å². The lowest BCUT2D eigenvalue weighted by molar-refractivity contribution is 0.101. The molecule has 1 rings (SSSR count). The van der Waals surface area contributed by atoms with E-state index in [1.165, 1.54) is 0 Å². The van der Waals surface area contributed by atoms with Crippen LogP contribution in [0.15, 0.2) is 24.3 Å². The molecule has 0 N–H and O–H groups in total. The average molecular weight is 260 g/mol. The topological polar surface area (TPSA) is 20.3 Å². The lowest BCUT2D eigenvalue weighted by Gasteiger charge is -2.23. The third kappa shape index (κ3) is 3.69. The third-order valence-electron chi connectivity index (χ3n) is 2.33. The van der Waals surface area contributed by atoms with Crippen LogP contribution in [0.2, 0.25) is 0 Å². The van der Waals surface area contributed by atoms with Gasteiger partial charge in [-0.2, -0.15) is 0 Å². The van der Waals surface area contributed by atoms with Crippen LogP contribution >= 0.6 is 23.2 Å². The Labute approximate surface area is 106 Å². The Balaban J connectivity index is 2.90. The van der Waals surface area contributed by atoms with E-state index in [9.17, 15) is 4.79 Å². The second-order valence-electron chi connectivity index (χ2n) is 3.47. The fourth-order valence-corrected chi connectivity index (χ4v) is 1.90. The number of carbonyl (C=O) groups is 1. The summed E-state index contributed by atoms with van der Waals surface area (Å²) in [7, 11) is 0. The van der Waals surface area contributed by atoms with E-state index in [0.717, 1.165) is 18.8 Å². The molecule has 0 aromatic heterocycles. The second kappa shape index (κ2) is 6.77. The highest BCUT2D eigenvalue weighted by Gasteiger charge is 2.07. The molecule has 0 aliphatic carbocycles. The molecule has 2 nitrogen and oxygen atoms in total. The molecule has 0 fully saturated rings. The first-order valence-electron chi connectivity index (χ1n) is 5.17. The number of halogens is 2. The number of alkyl halides is 2. The maximum Gasteiger partial charge on any atom is 0.159 e. The first-order valence-corrected chi connectivity index (χ1v) is 6.24. The third-order valence-corrected chi connectivity index (χ3v) is 2.66. The van der Waals surface area contributed by atoms with Crippen LogP contribution in [0.1, 0.15) is 17.3 Å². The maximum atomic E-state index is 11.3. The Kier molecular flexibility index (Phi) is 5.64. The summed E-state index contributed by atoms with van der Waals surface area (Å²) in [5.74, 6) is 1.15. The van der Waals surface area contributed by atoms with Gasteiger partial charge < -0.3 is 4.90 Å². The molecule has 0 saturated carbocycles. The van der Waals surface area contributed by atoms with E-state index >= 15 is 0 Å². The maximum absolute atomic E-state index is 11.3. The van der Waals surface area contributed by atoms with Gasteiger partial charge in [0, 0.05) is 36.1 Å². The van der Waals surface area contributed by atoms with Gasteiger partial charge in [-0.3, -0.25) is 4.79 Å². The number of hydrogen-bond acceptors (Lipinski definition) is 2. The number of hydrogen-bond donors (Lipinski definition) is 0. The Morgan fingerprint density at radius 2 is 1.88 bits per heavy atom. The fourth-order valence-electron chi connectivity index (χ4n) is 1.50. The number of benzene rings is 1.